The Morgan fingerprint density at radius 2 is 2.06 bits per heavy atom. The number of nitro benzene ring substituents is 1. The van der Waals surface area contributed by atoms with Gasteiger partial charge in [0.15, 0.2) is 0 Å². The quantitative estimate of drug-likeness (QED) is 0.423. The number of nitrogens with one attached hydrogen (secondary N) is 2. The predicted molar refractivity (Wildman–Crippen MR) is 71.3 cm³/mol. The van der Waals surface area contributed by atoms with Crippen molar-refractivity contribution in [2.24, 2.45) is 17.2 Å². The fourth-order valence-corrected chi connectivity index (χ4v) is 2.07. The highest BCUT2D eigenvalue weighted by atomic mass is 16.6. The topological polar surface area (TPSA) is 93.2 Å². The first kappa shape index (κ1) is 12.6. The molecule has 1 unspecified atom stereocenters. The Balaban J connectivity index is 2.07. The molecule has 0 amide bonds. The van der Waals surface area contributed by atoms with Crippen molar-refractivity contribution in [1.82, 2.24) is 0 Å². The molecule has 1 fully saturated rings. The van der Waals surface area contributed by atoms with Crippen molar-refractivity contribution in [3.63, 3.8) is 0 Å². The van der Waals surface area contributed by atoms with Gasteiger partial charge in [0.05, 0.1) is 10.6 Å². The van der Waals surface area contributed by atoms with E-state index in [0.717, 1.165) is 12.2 Å². The fourth-order valence-electron chi connectivity index (χ4n) is 2.07. The van der Waals surface area contributed by atoms with Gasteiger partial charge in [-0.2, -0.15) is 0 Å². The summed E-state index contributed by atoms with van der Waals surface area (Å²) >= 11 is 0. The fraction of sp³-hybridized carbons (Fsp3) is 0.500. The normalized spacial score (nSPS) is 20.3. The molecule has 2 rings (SSSR count). The third-order valence-electron chi connectivity index (χ3n) is 3.57. The van der Waals surface area contributed by atoms with Gasteiger partial charge in [0.2, 0.25) is 0 Å². The van der Waals surface area contributed by atoms with E-state index in [1.165, 1.54) is 18.6 Å². The van der Waals surface area contributed by atoms with Crippen LogP contribution in [0.4, 0.5) is 17.1 Å². The maximum Gasteiger partial charge on any atom is 0.273 e. The Morgan fingerprint density at radius 1 is 1.44 bits per heavy atom. The highest BCUT2D eigenvalue weighted by molar-refractivity contribution is 5.63. The maximum atomic E-state index is 10.8. The summed E-state index contributed by atoms with van der Waals surface area (Å²) in [6.07, 6.45) is 1.19. The van der Waals surface area contributed by atoms with Gasteiger partial charge in [-0.1, -0.05) is 13.8 Å². The van der Waals surface area contributed by atoms with Crippen LogP contribution < -0.4 is 16.6 Å². The number of benzene rings is 1. The first-order chi connectivity index (χ1) is 8.42. The molecule has 98 valence electrons. The molecule has 1 atom stereocenters. The van der Waals surface area contributed by atoms with Gasteiger partial charge in [0, 0.05) is 24.4 Å². The van der Waals surface area contributed by atoms with Crippen LogP contribution in [-0.4, -0.2) is 11.5 Å². The zero-order valence-electron chi connectivity index (χ0n) is 10.6. The van der Waals surface area contributed by atoms with E-state index in [1.54, 1.807) is 6.07 Å². The molecule has 1 aliphatic carbocycles. The largest absolute Gasteiger partial charge is 0.384 e. The van der Waals surface area contributed by atoms with E-state index in [1.807, 2.05) is 0 Å². The van der Waals surface area contributed by atoms with Gasteiger partial charge in [0.1, 0.15) is 0 Å². The third kappa shape index (κ3) is 2.70. The monoisotopic (exact) mass is 250 g/mol. The minimum absolute atomic E-state index is 0.0306. The molecule has 0 aliphatic heterocycles. The molecule has 0 aromatic heterocycles. The van der Waals surface area contributed by atoms with Gasteiger partial charge in [-0.3, -0.25) is 16.0 Å². The number of rotatable bonds is 5. The van der Waals surface area contributed by atoms with Crippen molar-refractivity contribution in [2.75, 3.05) is 17.3 Å². The van der Waals surface area contributed by atoms with E-state index in [-0.39, 0.29) is 5.69 Å². The summed E-state index contributed by atoms with van der Waals surface area (Å²) in [5.74, 6) is 5.93. The number of nitrogens with two attached hydrogens (primary N) is 1. The van der Waals surface area contributed by atoms with Crippen LogP contribution >= 0.6 is 0 Å². The summed E-state index contributed by atoms with van der Waals surface area (Å²) in [6, 6.07) is 4.70. The molecule has 4 N–H and O–H groups in total. The Kier molecular flexibility index (Phi) is 3.13. The average molecular weight is 250 g/mol. The zero-order chi connectivity index (χ0) is 13.3. The maximum absolute atomic E-state index is 10.8. The van der Waals surface area contributed by atoms with Crippen LogP contribution in [0.3, 0.4) is 0 Å². The highest BCUT2D eigenvalue weighted by Gasteiger charge is 2.44. The Hall–Kier alpha value is -1.82. The van der Waals surface area contributed by atoms with Crippen LogP contribution in [-0.2, 0) is 0 Å². The molecule has 1 aromatic rings. The first-order valence-corrected chi connectivity index (χ1v) is 5.92. The molecule has 0 bridgehead atoms. The van der Waals surface area contributed by atoms with E-state index >= 15 is 0 Å². The lowest BCUT2D eigenvalue weighted by Crippen LogP contribution is -2.10. The lowest BCUT2D eigenvalue weighted by molar-refractivity contribution is -0.384. The molecule has 1 aliphatic rings. The lowest BCUT2D eigenvalue weighted by atomic mass is 10.1. The first-order valence-electron chi connectivity index (χ1n) is 5.92. The number of hydrogen-bond donors (Lipinski definition) is 3. The molecule has 0 saturated heterocycles. The van der Waals surface area contributed by atoms with Gasteiger partial charge < -0.3 is 10.7 Å². The molecule has 0 radical (unpaired) electrons. The van der Waals surface area contributed by atoms with Gasteiger partial charge in [0.25, 0.3) is 5.69 Å². The van der Waals surface area contributed by atoms with Gasteiger partial charge in [-0.15, -0.1) is 0 Å². The second-order valence-electron chi connectivity index (χ2n) is 5.44. The van der Waals surface area contributed by atoms with Crippen LogP contribution in [0.1, 0.15) is 20.3 Å². The van der Waals surface area contributed by atoms with Crippen LogP contribution in [0.15, 0.2) is 18.2 Å². The van der Waals surface area contributed by atoms with Crippen molar-refractivity contribution in [1.29, 1.82) is 0 Å². The van der Waals surface area contributed by atoms with Crippen molar-refractivity contribution in [2.45, 2.75) is 20.3 Å². The molecular formula is C12H18N4O2. The molecule has 1 aromatic carbocycles. The van der Waals surface area contributed by atoms with Crippen molar-refractivity contribution in [3.8, 4) is 0 Å². The van der Waals surface area contributed by atoms with Crippen molar-refractivity contribution >= 4 is 17.1 Å². The average Bonchev–Trinajstić information content (AvgIpc) is 2.94. The lowest BCUT2D eigenvalue weighted by Gasteiger charge is -2.09. The summed E-state index contributed by atoms with van der Waals surface area (Å²) in [5.41, 5.74) is 4.11. The van der Waals surface area contributed by atoms with E-state index in [4.69, 9.17) is 5.84 Å². The van der Waals surface area contributed by atoms with Crippen LogP contribution in [0.25, 0.3) is 0 Å². The number of nitro groups is 1. The number of hydrazine groups is 1. The van der Waals surface area contributed by atoms with Gasteiger partial charge >= 0.3 is 0 Å². The second-order valence-corrected chi connectivity index (χ2v) is 5.44. The summed E-state index contributed by atoms with van der Waals surface area (Å²) in [4.78, 5) is 10.4. The molecular weight excluding hydrogens is 232 g/mol. The minimum Gasteiger partial charge on any atom is -0.384 e. The Morgan fingerprint density at radius 3 is 2.56 bits per heavy atom. The number of nitrogens with zero attached hydrogens (tertiary/aromatic N) is 1. The van der Waals surface area contributed by atoms with E-state index in [2.05, 4.69) is 24.6 Å². The number of non-ortho nitro benzene ring substituents is 1. The van der Waals surface area contributed by atoms with Gasteiger partial charge in [-0.25, -0.2) is 0 Å². The van der Waals surface area contributed by atoms with Crippen LogP contribution in [0, 0.1) is 21.4 Å². The van der Waals surface area contributed by atoms with Gasteiger partial charge in [-0.05, 0) is 23.8 Å². The Bertz CT molecular complexity index is 473. The second kappa shape index (κ2) is 4.45. The smallest absolute Gasteiger partial charge is 0.273 e. The molecule has 18 heavy (non-hydrogen) atoms. The molecule has 0 heterocycles. The number of nitrogen functional groups attached to an aromatic ring is 1. The Labute approximate surface area is 106 Å². The molecule has 6 nitrogen and oxygen atoms in total. The van der Waals surface area contributed by atoms with E-state index in [9.17, 15) is 10.1 Å². The standard InChI is InChI=1S/C12H18N4O2/c1-12(2)6-8(12)7-14-9-3-10(15-13)5-11(4-9)16(17)18/h3-5,8,14-15H,6-7,13H2,1-2H3. The summed E-state index contributed by atoms with van der Waals surface area (Å²) < 4.78 is 0. The van der Waals surface area contributed by atoms with Crippen LogP contribution in [0.5, 0.6) is 0 Å². The minimum atomic E-state index is -0.424. The number of hydrogen-bond acceptors (Lipinski definition) is 5. The summed E-state index contributed by atoms with van der Waals surface area (Å²) in [5, 5.41) is 14.0. The molecule has 1 saturated carbocycles. The summed E-state index contributed by atoms with van der Waals surface area (Å²) in [6.45, 7) is 5.28. The third-order valence-corrected chi connectivity index (χ3v) is 3.57. The highest BCUT2D eigenvalue weighted by Crippen LogP contribution is 2.51. The van der Waals surface area contributed by atoms with Crippen molar-refractivity contribution < 1.29 is 4.92 Å². The van der Waals surface area contributed by atoms with Crippen molar-refractivity contribution in [3.05, 3.63) is 28.3 Å². The summed E-state index contributed by atoms with van der Waals surface area (Å²) in [7, 11) is 0. The van der Waals surface area contributed by atoms with E-state index < -0.39 is 4.92 Å². The molecule has 6 heteroatoms. The molecule has 0 spiro atoms. The SMILES string of the molecule is CC1(C)CC1CNc1cc(NN)cc([N+](=O)[O-])c1. The van der Waals surface area contributed by atoms with Crippen LogP contribution in [0.2, 0.25) is 0 Å². The van der Waals surface area contributed by atoms with E-state index in [0.29, 0.717) is 17.0 Å². The zero-order valence-corrected chi connectivity index (χ0v) is 10.6. The predicted octanol–water partition coefficient (Wildman–Crippen LogP) is 2.34. The number of anilines is 2.